The molecule has 0 saturated heterocycles. The Labute approximate surface area is 155 Å². The number of nitrogens with zero attached hydrogens (tertiary/aromatic N) is 1. The van der Waals surface area contributed by atoms with E-state index in [4.69, 9.17) is 4.74 Å². The summed E-state index contributed by atoms with van der Waals surface area (Å²) in [6.45, 7) is 17.8. The predicted octanol–water partition coefficient (Wildman–Crippen LogP) is 4.31. The van der Waals surface area contributed by atoms with Crippen LogP contribution in [0.2, 0.25) is 0 Å². The Morgan fingerprint density at radius 2 is 1.50 bits per heavy atom. The molecule has 2 amide bonds. The Balaban J connectivity index is 2.63. The van der Waals surface area contributed by atoms with Crippen LogP contribution in [0.15, 0.2) is 60.7 Å². The van der Waals surface area contributed by atoms with Crippen molar-refractivity contribution in [3.8, 4) is 5.75 Å². The van der Waals surface area contributed by atoms with Gasteiger partial charge in [0.1, 0.15) is 12.4 Å². The standard InChI is InChI=1S/C22H25NO3/c1-14(2)9-17-11-18(10-15(3)4)22(26-13-16(5)6)19(12-17)23-20(24)7-8-21(23)25/h7-8,11-12H,1,3,5,9-10,13H2,2,4,6H3. The lowest BCUT2D eigenvalue weighted by molar-refractivity contribution is -0.120. The second kappa shape index (κ2) is 8.00. The molecule has 0 unspecified atom stereocenters. The minimum Gasteiger partial charge on any atom is -0.487 e. The minimum absolute atomic E-state index is 0.305. The summed E-state index contributed by atoms with van der Waals surface area (Å²) in [4.78, 5) is 25.7. The Hall–Kier alpha value is -2.88. The highest BCUT2D eigenvalue weighted by Gasteiger charge is 2.29. The van der Waals surface area contributed by atoms with Crippen molar-refractivity contribution in [3.63, 3.8) is 0 Å². The molecule has 0 radical (unpaired) electrons. The first kappa shape index (κ1) is 19.4. The maximum absolute atomic E-state index is 12.3. The topological polar surface area (TPSA) is 46.6 Å². The fourth-order valence-electron chi connectivity index (χ4n) is 2.81. The minimum atomic E-state index is -0.371. The Morgan fingerprint density at radius 1 is 0.923 bits per heavy atom. The average Bonchev–Trinajstić information content (AvgIpc) is 2.83. The number of amides is 2. The van der Waals surface area contributed by atoms with Crippen LogP contribution in [0.4, 0.5) is 5.69 Å². The van der Waals surface area contributed by atoms with E-state index in [0.29, 0.717) is 30.9 Å². The molecule has 1 aromatic carbocycles. The molecule has 0 atom stereocenters. The van der Waals surface area contributed by atoms with Gasteiger partial charge >= 0.3 is 0 Å². The van der Waals surface area contributed by atoms with Crippen molar-refractivity contribution < 1.29 is 14.3 Å². The molecule has 136 valence electrons. The van der Waals surface area contributed by atoms with Crippen LogP contribution in [0, 0.1) is 0 Å². The van der Waals surface area contributed by atoms with E-state index in [1.165, 1.54) is 12.2 Å². The molecule has 1 aromatic rings. The summed E-state index contributed by atoms with van der Waals surface area (Å²) in [5.74, 6) is -0.222. The van der Waals surface area contributed by atoms with Crippen LogP contribution in [-0.2, 0) is 22.4 Å². The summed E-state index contributed by atoms with van der Waals surface area (Å²) in [7, 11) is 0. The van der Waals surface area contributed by atoms with Crippen LogP contribution < -0.4 is 9.64 Å². The summed E-state index contributed by atoms with van der Waals surface area (Å²) < 4.78 is 5.96. The van der Waals surface area contributed by atoms with Crippen LogP contribution in [0.1, 0.15) is 31.9 Å². The van der Waals surface area contributed by atoms with Gasteiger partial charge in [0.25, 0.3) is 11.8 Å². The lowest BCUT2D eigenvalue weighted by Crippen LogP contribution is -2.30. The highest BCUT2D eigenvalue weighted by atomic mass is 16.5. The van der Waals surface area contributed by atoms with Crippen molar-refractivity contribution >= 4 is 17.5 Å². The fraction of sp³-hybridized carbons (Fsp3) is 0.273. The summed E-state index contributed by atoms with van der Waals surface area (Å²) in [5.41, 5.74) is 5.12. The van der Waals surface area contributed by atoms with Gasteiger partial charge in [-0.3, -0.25) is 9.59 Å². The van der Waals surface area contributed by atoms with E-state index in [-0.39, 0.29) is 11.8 Å². The zero-order chi connectivity index (χ0) is 19.4. The molecule has 0 fully saturated rings. The molecule has 0 saturated carbocycles. The van der Waals surface area contributed by atoms with Crippen molar-refractivity contribution in [2.75, 3.05) is 11.5 Å². The molecule has 0 bridgehead atoms. The SMILES string of the molecule is C=C(C)COc1c(CC(=C)C)cc(CC(=C)C)cc1N1C(=O)C=CC1=O. The molecular formula is C22H25NO3. The number of carbonyl (C=O) groups excluding carboxylic acids is 2. The van der Waals surface area contributed by atoms with E-state index in [1.807, 2.05) is 32.9 Å². The van der Waals surface area contributed by atoms with Crippen LogP contribution in [0.5, 0.6) is 5.75 Å². The molecule has 4 heteroatoms. The third kappa shape index (κ3) is 4.60. The summed E-state index contributed by atoms with van der Waals surface area (Å²) in [5, 5.41) is 0. The number of carbonyl (C=O) groups is 2. The number of anilines is 1. The van der Waals surface area contributed by atoms with Gasteiger partial charge in [0.2, 0.25) is 0 Å². The molecule has 0 spiro atoms. The fourth-order valence-corrected chi connectivity index (χ4v) is 2.81. The first-order valence-corrected chi connectivity index (χ1v) is 8.47. The molecule has 1 heterocycles. The van der Waals surface area contributed by atoms with Gasteiger partial charge in [0.15, 0.2) is 0 Å². The van der Waals surface area contributed by atoms with Gasteiger partial charge < -0.3 is 4.74 Å². The molecule has 26 heavy (non-hydrogen) atoms. The maximum atomic E-state index is 12.3. The molecule has 0 aliphatic carbocycles. The number of benzene rings is 1. The van der Waals surface area contributed by atoms with Gasteiger partial charge in [0.05, 0.1) is 5.69 Å². The van der Waals surface area contributed by atoms with E-state index < -0.39 is 0 Å². The van der Waals surface area contributed by atoms with E-state index in [2.05, 4.69) is 19.7 Å². The molecule has 4 nitrogen and oxygen atoms in total. The van der Waals surface area contributed by atoms with Gasteiger partial charge in [-0.15, -0.1) is 0 Å². The van der Waals surface area contributed by atoms with Crippen LogP contribution in [-0.4, -0.2) is 18.4 Å². The van der Waals surface area contributed by atoms with E-state index >= 15 is 0 Å². The van der Waals surface area contributed by atoms with E-state index in [1.54, 1.807) is 0 Å². The third-order valence-electron chi connectivity index (χ3n) is 3.72. The largest absolute Gasteiger partial charge is 0.487 e. The quantitative estimate of drug-likeness (QED) is 0.518. The normalized spacial score (nSPS) is 13.3. The van der Waals surface area contributed by atoms with Crippen molar-refractivity contribution in [1.29, 1.82) is 0 Å². The monoisotopic (exact) mass is 351 g/mol. The smallest absolute Gasteiger partial charge is 0.258 e. The summed E-state index contributed by atoms with van der Waals surface area (Å²) in [6, 6.07) is 3.85. The second-order valence-corrected chi connectivity index (χ2v) is 6.96. The van der Waals surface area contributed by atoms with Crippen molar-refractivity contribution in [2.24, 2.45) is 0 Å². The number of imide groups is 1. The number of allylic oxidation sites excluding steroid dienone is 2. The maximum Gasteiger partial charge on any atom is 0.258 e. The second-order valence-electron chi connectivity index (χ2n) is 6.96. The number of hydrogen-bond donors (Lipinski definition) is 0. The van der Waals surface area contributed by atoms with Gasteiger partial charge in [-0.25, -0.2) is 4.90 Å². The van der Waals surface area contributed by atoms with Crippen LogP contribution >= 0.6 is 0 Å². The molecule has 0 aromatic heterocycles. The van der Waals surface area contributed by atoms with E-state index in [9.17, 15) is 9.59 Å². The first-order valence-electron chi connectivity index (χ1n) is 8.47. The van der Waals surface area contributed by atoms with Crippen molar-refractivity contribution in [3.05, 3.63) is 71.9 Å². The molecule has 2 rings (SSSR count). The van der Waals surface area contributed by atoms with Gasteiger partial charge in [-0.2, -0.15) is 0 Å². The Bertz CT molecular complexity index is 812. The zero-order valence-corrected chi connectivity index (χ0v) is 15.7. The zero-order valence-electron chi connectivity index (χ0n) is 15.7. The van der Waals surface area contributed by atoms with Crippen molar-refractivity contribution in [1.82, 2.24) is 0 Å². The highest BCUT2D eigenvalue weighted by Crippen LogP contribution is 2.37. The Kier molecular flexibility index (Phi) is 5.98. The average molecular weight is 351 g/mol. The van der Waals surface area contributed by atoms with Gasteiger partial charge in [-0.05, 0) is 50.8 Å². The van der Waals surface area contributed by atoms with Crippen LogP contribution in [0.25, 0.3) is 0 Å². The number of ether oxygens (including phenoxy) is 1. The lowest BCUT2D eigenvalue weighted by atomic mass is 9.98. The predicted molar refractivity (Wildman–Crippen MR) is 105 cm³/mol. The molecule has 1 aliphatic heterocycles. The Morgan fingerprint density at radius 3 is 2.00 bits per heavy atom. The summed E-state index contributed by atoms with van der Waals surface area (Å²) >= 11 is 0. The molecular weight excluding hydrogens is 326 g/mol. The highest BCUT2D eigenvalue weighted by molar-refractivity contribution is 6.28. The first-order chi connectivity index (χ1) is 12.2. The molecule has 1 aliphatic rings. The summed E-state index contributed by atoms with van der Waals surface area (Å²) in [6.07, 6.45) is 3.79. The molecule has 0 N–H and O–H groups in total. The third-order valence-corrected chi connectivity index (χ3v) is 3.72. The van der Waals surface area contributed by atoms with Gasteiger partial charge in [0, 0.05) is 17.7 Å². The van der Waals surface area contributed by atoms with Crippen LogP contribution in [0.3, 0.4) is 0 Å². The number of hydrogen-bond acceptors (Lipinski definition) is 3. The van der Waals surface area contributed by atoms with E-state index in [0.717, 1.165) is 32.7 Å². The number of rotatable bonds is 8. The van der Waals surface area contributed by atoms with Crippen molar-refractivity contribution in [2.45, 2.75) is 33.6 Å². The van der Waals surface area contributed by atoms with Gasteiger partial charge in [-0.1, -0.05) is 36.9 Å². The lowest BCUT2D eigenvalue weighted by Gasteiger charge is -2.23.